The molecule has 7 nitrogen and oxygen atoms in total. The number of hydrogen-bond acceptors (Lipinski definition) is 5. The summed E-state index contributed by atoms with van der Waals surface area (Å²) in [6, 6.07) is 14.2. The lowest BCUT2D eigenvalue weighted by Crippen LogP contribution is -2.22. The number of Topliss-reactive ketones (excluding diaryl/α,β-unsaturated/α-hetero) is 1. The summed E-state index contributed by atoms with van der Waals surface area (Å²) in [6.07, 6.45) is 3.37. The van der Waals surface area contributed by atoms with Gasteiger partial charge in [0.1, 0.15) is 18.0 Å². The Labute approximate surface area is 187 Å². The number of aromatic nitrogens is 3. The molecule has 0 saturated heterocycles. The van der Waals surface area contributed by atoms with Gasteiger partial charge in [0, 0.05) is 31.1 Å². The summed E-state index contributed by atoms with van der Waals surface area (Å²) in [6.45, 7) is 1.43. The maximum atomic E-state index is 13.6. The largest absolute Gasteiger partial charge is 0.491 e. The zero-order chi connectivity index (χ0) is 23.5. The highest BCUT2D eigenvalue weighted by Gasteiger charge is 2.18. The highest BCUT2D eigenvalue weighted by atomic mass is 19.2. The highest BCUT2D eigenvalue weighted by molar-refractivity contribution is 5.92. The molecule has 2 aromatic carbocycles. The monoisotopic (exact) mass is 451 g/mol. The SMILES string of the molecule is COc1cn(-c2ccc(-n3cc(F)c(F)c3)cc2OCc2ccccc2)nc(C(C)=O)c1=O. The average molecular weight is 451 g/mol. The van der Waals surface area contributed by atoms with Crippen LogP contribution in [0.1, 0.15) is 23.0 Å². The van der Waals surface area contributed by atoms with Crippen molar-refractivity contribution in [1.82, 2.24) is 14.3 Å². The van der Waals surface area contributed by atoms with E-state index in [0.717, 1.165) is 18.0 Å². The van der Waals surface area contributed by atoms with Crippen LogP contribution in [0.15, 0.2) is 71.9 Å². The first-order chi connectivity index (χ1) is 15.9. The van der Waals surface area contributed by atoms with E-state index in [2.05, 4.69) is 5.10 Å². The lowest BCUT2D eigenvalue weighted by Gasteiger charge is -2.16. The molecule has 0 aliphatic rings. The number of carbonyl (C=O) groups is 1. The maximum Gasteiger partial charge on any atom is 0.252 e. The number of nitrogens with zero attached hydrogens (tertiary/aromatic N) is 3. The van der Waals surface area contributed by atoms with E-state index in [9.17, 15) is 18.4 Å². The van der Waals surface area contributed by atoms with E-state index in [-0.39, 0.29) is 18.1 Å². The molecule has 0 amide bonds. The molecule has 0 radical (unpaired) electrons. The second kappa shape index (κ2) is 9.07. The summed E-state index contributed by atoms with van der Waals surface area (Å²) >= 11 is 0. The van der Waals surface area contributed by atoms with Crippen molar-refractivity contribution < 1.29 is 23.0 Å². The van der Waals surface area contributed by atoms with Crippen LogP contribution < -0.4 is 14.9 Å². The van der Waals surface area contributed by atoms with Crippen molar-refractivity contribution in [2.24, 2.45) is 0 Å². The third-order valence-corrected chi connectivity index (χ3v) is 4.90. The molecule has 9 heteroatoms. The Morgan fingerprint density at radius 3 is 2.33 bits per heavy atom. The summed E-state index contributed by atoms with van der Waals surface area (Å²) < 4.78 is 40.9. The van der Waals surface area contributed by atoms with Gasteiger partial charge in [0.15, 0.2) is 28.9 Å². The summed E-state index contributed by atoms with van der Waals surface area (Å²) in [7, 11) is 1.32. The third-order valence-electron chi connectivity index (χ3n) is 4.90. The van der Waals surface area contributed by atoms with Crippen LogP contribution in [0.2, 0.25) is 0 Å². The lowest BCUT2D eigenvalue weighted by atomic mass is 10.2. The first-order valence-corrected chi connectivity index (χ1v) is 9.91. The van der Waals surface area contributed by atoms with Gasteiger partial charge in [-0.2, -0.15) is 5.10 Å². The quantitative estimate of drug-likeness (QED) is 0.396. The van der Waals surface area contributed by atoms with E-state index in [1.165, 1.54) is 29.5 Å². The fourth-order valence-corrected chi connectivity index (χ4v) is 3.23. The van der Waals surface area contributed by atoms with Gasteiger partial charge in [-0.25, -0.2) is 13.5 Å². The predicted molar refractivity (Wildman–Crippen MR) is 116 cm³/mol. The van der Waals surface area contributed by atoms with Gasteiger partial charge in [-0.15, -0.1) is 0 Å². The van der Waals surface area contributed by atoms with Gasteiger partial charge in [-0.3, -0.25) is 9.59 Å². The summed E-state index contributed by atoms with van der Waals surface area (Å²) in [5, 5.41) is 4.15. The Hall–Kier alpha value is -4.27. The fraction of sp³-hybridized carbons (Fsp3) is 0.125. The summed E-state index contributed by atoms with van der Waals surface area (Å²) in [4.78, 5) is 24.3. The van der Waals surface area contributed by atoms with Crippen molar-refractivity contribution in [3.05, 3.63) is 100 Å². The molecule has 0 aliphatic heterocycles. The topological polar surface area (TPSA) is 75.3 Å². The third kappa shape index (κ3) is 4.52. The Morgan fingerprint density at radius 1 is 1.00 bits per heavy atom. The van der Waals surface area contributed by atoms with Crippen molar-refractivity contribution in [1.29, 1.82) is 0 Å². The van der Waals surface area contributed by atoms with Gasteiger partial charge in [0.05, 0.1) is 13.3 Å². The molecule has 0 bridgehead atoms. The Kier molecular flexibility index (Phi) is 6.03. The minimum atomic E-state index is -0.983. The number of rotatable bonds is 7. The molecule has 4 aromatic rings. The van der Waals surface area contributed by atoms with Crippen LogP contribution in [0.3, 0.4) is 0 Å². The van der Waals surface area contributed by atoms with Crippen LogP contribution in [0.25, 0.3) is 11.4 Å². The minimum Gasteiger partial charge on any atom is -0.491 e. The number of hydrogen-bond donors (Lipinski definition) is 0. The van der Waals surface area contributed by atoms with Gasteiger partial charge in [0.2, 0.25) is 0 Å². The molecule has 168 valence electrons. The van der Waals surface area contributed by atoms with Crippen LogP contribution in [0.5, 0.6) is 11.5 Å². The van der Waals surface area contributed by atoms with Gasteiger partial charge < -0.3 is 14.0 Å². The van der Waals surface area contributed by atoms with Crippen LogP contribution in [0.4, 0.5) is 8.78 Å². The highest BCUT2D eigenvalue weighted by Crippen LogP contribution is 2.28. The molecule has 0 atom stereocenters. The van der Waals surface area contributed by atoms with Crippen LogP contribution in [0, 0.1) is 11.6 Å². The minimum absolute atomic E-state index is 0.0668. The molecular weight excluding hydrogens is 432 g/mol. The van der Waals surface area contributed by atoms with E-state index in [0.29, 0.717) is 17.1 Å². The number of ether oxygens (including phenoxy) is 2. The van der Waals surface area contributed by atoms with Crippen molar-refractivity contribution >= 4 is 5.78 Å². The van der Waals surface area contributed by atoms with Crippen molar-refractivity contribution in [3.63, 3.8) is 0 Å². The Bertz CT molecular complexity index is 1360. The molecule has 0 fully saturated rings. The zero-order valence-corrected chi connectivity index (χ0v) is 17.8. The Balaban J connectivity index is 1.83. The van der Waals surface area contributed by atoms with Crippen LogP contribution in [-0.4, -0.2) is 27.2 Å². The molecule has 2 aromatic heterocycles. The summed E-state index contributed by atoms with van der Waals surface area (Å²) in [5.41, 5.74) is 0.805. The smallest absolute Gasteiger partial charge is 0.252 e. The number of carbonyl (C=O) groups excluding carboxylic acids is 1. The van der Waals surface area contributed by atoms with Gasteiger partial charge in [-0.1, -0.05) is 30.3 Å². The van der Waals surface area contributed by atoms with Crippen LogP contribution >= 0.6 is 0 Å². The second-order valence-corrected chi connectivity index (χ2v) is 7.16. The van der Waals surface area contributed by atoms with E-state index < -0.39 is 22.8 Å². The lowest BCUT2D eigenvalue weighted by molar-refractivity contribution is 0.100. The average Bonchev–Trinajstić information content (AvgIpc) is 3.16. The molecule has 4 rings (SSSR count). The van der Waals surface area contributed by atoms with E-state index in [1.807, 2.05) is 30.3 Å². The summed E-state index contributed by atoms with van der Waals surface area (Å²) in [5.74, 6) is -2.25. The van der Waals surface area contributed by atoms with Crippen molar-refractivity contribution in [2.45, 2.75) is 13.5 Å². The fourth-order valence-electron chi connectivity index (χ4n) is 3.23. The first-order valence-electron chi connectivity index (χ1n) is 9.91. The zero-order valence-electron chi connectivity index (χ0n) is 17.8. The number of methoxy groups -OCH3 is 1. The van der Waals surface area contributed by atoms with E-state index in [4.69, 9.17) is 9.47 Å². The standard InChI is InChI=1S/C24H19F2N3O4/c1-15(30)23-24(31)22(32-2)13-29(27-23)20-9-8-17(28-11-18(25)19(26)12-28)10-21(20)33-14-16-6-4-3-5-7-16/h3-13H,14H2,1-2H3. The molecule has 0 aliphatic carbocycles. The first kappa shape index (κ1) is 21.9. The Morgan fingerprint density at radius 2 is 1.70 bits per heavy atom. The number of ketones is 1. The van der Waals surface area contributed by atoms with Crippen LogP contribution in [-0.2, 0) is 6.61 Å². The molecule has 0 saturated carbocycles. The second-order valence-electron chi connectivity index (χ2n) is 7.16. The maximum absolute atomic E-state index is 13.6. The molecule has 0 spiro atoms. The van der Waals surface area contributed by atoms with Gasteiger partial charge in [-0.05, 0) is 17.7 Å². The normalized spacial score (nSPS) is 10.8. The molecule has 0 N–H and O–H groups in total. The van der Waals surface area contributed by atoms with E-state index >= 15 is 0 Å². The van der Waals surface area contributed by atoms with Crippen molar-refractivity contribution in [2.75, 3.05) is 7.11 Å². The molecule has 2 heterocycles. The van der Waals surface area contributed by atoms with E-state index in [1.54, 1.807) is 18.2 Å². The molecule has 33 heavy (non-hydrogen) atoms. The number of halogens is 2. The molecule has 0 unspecified atom stereocenters. The van der Waals surface area contributed by atoms with Crippen molar-refractivity contribution in [3.8, 4) is 22.9 Å². The molecular formula is C24H19F2N3O4. The van der Waals surface area contributed by atoms with Gasteiger partial charge in [0.25, 0.3) is 5.43 Å². The number of benzene rings is 2. The predicted octanol–water partition coefficient (Wildman–Crippen LogP) is 4.09. The van der Waals surface area contributed by atoms with Gasteiger partial charge >= 0.3 is 0 Å².